The molecule has 0 spiro atoms. The Kier molecular flexibility index (Phi) is 3.49. The highest BCUT2D eigenvalue weighted by atomic mass is 32.2. The molecule has 3 N–H and O–H groups in total. The van der Waals surface area contributed by atoms with Crippen molar-refractivity contribution in [3.8, 4) is 0 Å². The smallest absolute Gasteiger partial charge is 0.253 e. The van der Waals surface area contributed by atoms with Crippen molar-refractivity contribution in [1.29, 1.82) is 0 Å². The number of furan rings is 1. The van der Waals surface area contributed by atoms with E-state index in [1.807, 2.05) is 12.1 Å². The fourth-order valence-electron chi connectivity index (χ4n) is 0.718. The van der Waals surface area contributed by atoms with Gasteiger partial charge in [-0.2, -0.15) is 0 Å². The van der Waals surface area contributed by atoms with Gasteiger partial charge >= 0.3 is 0 Å². The van der Waals surface area contributed by atoms with Gasteiger partial charge < -0.3 is 9.40 Å². The molecule has 0 atom stereocenters. The SMILES string of the molecule is NS(=O)(=O)c1ccc[nH]1.c1ccoc1. The van der Waals surface area contributed by atoms with E-state index < -0.39 is 10.0 Å². The van der Waals surface area contributed by atoms with Gasteiger partial charge in [-0.25, -0.2) is 13.6 Å². The average molecular weight is 214 g/mol. The zero-order valence-corrected chi connectivity index (χ0v) is 8.07. The number of aromatic nitrogens is 1. The van der Waals surface area contributed by atoms with E-state index in [9.17, 15) is 8.42 Å². The summed E-state index contributed by atoms with van der Waals surface area (Å²) in [7, 11) is -3.52. The Hall–Kier alpha value is -1.53. The molecule has 76 valence electrons. The number of rotatable bonds is 1. The molecule has 0 aromatic carbocycles. The van der Waals surface area contributed by atoms with Crippen molar-refractivity contribution < 1.29 is 12.8 Å². The summed E-state index contributed by atoms with van der Waals surface area (Å²) in [4.78, 5) is 2.46. The Morgan fingerprint density at radius 1 is 1.21 bits per heavy atom. The number of aromatic amines is 1. The lowest BCUT2D eigenvalue weighted by Gasteiger charge is -1.87. The summed E-state index contributed by atoms with van der Waals surface area (Å²) in [5.74, 6) is 0. The fraction of sp³-hybridized carbons (Fsp3) is 0. The molecule has 0 saturated heterocycles. The fourth-order valence-corrected chi connectivity index (χ4v) is 1.22. The molecule has 2 aromatic heterocycles. The molecule has 0 aliphatic rings. The van der Waals surface area contributed by atoms with E-state index in [1.54, 1.807) is 18.6 Å². The molecule has 2 aromatic rings. The highest BCUT2D eigenvalue weighted by molar-refractivity contribution is 7.89. The molecule has 0 bridgehead atoms. The van der Waals surface area contributed by atoms with E-state index in [1.165, 1.54) is 12.3 Å². The second-order valence-corrected chi connectivity index (χ2v) is 3.90. The van der Waals surface area contributed by atoms with Gasteiger partial charge in [0.1, 0.15) is 5.03 Å². The summed E-state index contributed by atoms with van der Waals surface area (Å²) in [6.45, 7) is 0. The van der Waals surface area contributed by atoms with Crippen LogP contribution in [0.3, 0.4) is 0 Å². The molecule has 0 saturated carbocycles. The zero-order chi connectivity index (χ0) is 10.4. The summed E-state index contributed by atoms with van der Waals surface area (Å²) < 4.78 is 25.5. The third kappa shape index (κ3) is 3.46. The molecule has 0 unspecified atom stereocenters. The first-order valence-corrected chi connectivity index (χ1v) is 5.28. The molecule has 0 fully saturated rings. The monoisotopic (exact) mass is 214 g/mol. The molecular weight excluding hydrogens is 204 g/mol. The van der Waals surface area contributed by atoms with Crippen LogP contribution in [-0.4, -0.2) is 13.4 Å². The van der Waals surface area contributed by atoms with Gasteiger partial charge in [0.05, 0.1) is 12.5 Å². The molecule has 14 heavy (non-hydrogen) atoms. The number of hydrogen-bond donors (Lipinski definition) is 2. The molecule has 0 aliphatic heterocycles. The van der Waals surface area contributed by atoms with Crippen LogP contribution in [0.2, 0.25) is 0 Å². The van der Waals surface area contributed by atoms with Crippen LogP contribution in [0.4, 0.5) is 0 Å². The highest BCUT2D eigenvalue weighted by Crippen LogP contribution is 1.99. The maximum absolute atomic E-state index is 10.4. The lowest BCUT2D eigenvalue weighted by molar-refractivity contribution is 0.567. The van der Waals surface area contributed by atoms with E-state index in [2.05, 4.69) is 9.40 Å². The van der Waals surface area contributed by atoms with Crippen LogP contribution < -0.4 is 5.14 Å². The van der Waals surface area contributed by atoms with Crippen molar-refractivity contribution in [3.05, 3.63) is 43.0 Å². The number of H-pyrrole nitrogens is 1. The van der Waals surface area contributed by atoms with Crippen molar-refractivity contribution in [2.45, 2.75) is 5.03 Å². The third-order valence-electron chi connectivity index (χ3n) is 1.30. The first-order chi connectivity index (χ1) is 6.61. The third-order valence-corrected chi connectivity index (χ3v) is 2.17. The van der Waals surface area contributed by atoms with Crippen LogP contribution in [0, 0.1) is 0 Å². The van der Waals surface area contributed by atoms with Crippen molar-refractivity contribution in [3.63, 3.8) is 0 Å². The summed E-state index contributed by atoms with van der Waals surface area (Å²) in [6.07, 6.45) is 4.75. The van der Waals surface area contributed by atoms with E-state index in [0.717, 1.165) is 0 Å². The summed E-state index contributed by atoms with van der Waals surface area (Å²) in [6, 6.07) is 6.63. The second-order valence-electron chi connectivity index (χ2n) is 2.37. The summed E-state index contributed by atoms with van der Waals surface area (Å²) in [5, 5.41) is 4.79. The zero-order valence-electron chi connectivity index (χ0n) is 7.25. The predicted octanol–water partition coefficient (Wildman–Crippen LogP) is 0.942. The Balaban J connectivity index is 0.000000165. The minimum atomic E-state index is -3.52. The number of nitrogens with two attached hydrogens (primary N) is 1. The van der Waals surface area contributed by atoms with Gasteiger partial charge in [-0.05, 0) is 24.3 Å². The van der Waals surface area contributed by atoms with Gasteiger partial charge in [0, 0.05) is 6.20 Å². The lowest BCUT2D eigenvalue weighted by atomic mass is 10.7. The molecular formula is C8H10N2O3S. The normalized spacial score (nSPS) is 10.4. The Morgan fingerprint density at radius 2 is 1.86 bits per heavy atom. The van der Waals surface area contributed by atoms with Crippen molar-refractivity contribution in [1.82, 2.24) is 4.98 Å². The molecule has 5 nitrogen and oxygen atoms in total. The Labute approximate surface area is 81.6 Å². The Morgan fingerprint density at radius 3 is 2.07 bits per heavy atom. The van der Waals surface area contributed by atoms with Crippen molar-refractivity contribution in [2.24, 2.45) is 5.14 Å². The van der Waals surface area contributed by atoms with Crippen LogP contribution >= 0.6 is 0 Å². The van der Waals surface area contributed by atoms with Gasteiger partial charge in [-0.1, -0.05) is 0 Å². The van der Waals surface area contributed by atoms with E-state index in [0.29, 0.717) is 0 Å². The highest BCUT2D eigenvalue weighted by Gasteiger charge is 2.05. The average Bonchev–Trinajstić information content (AvgIpc) is 2.80. The minimum Gasteiger partial charge on any atom is -0.473 e. The number of sulfonamides is 1. The molecule has 0 aliphatic carbocycles. The van der Waals surface area contributed by atoms with Gasteiger partial charge in [0.2, 0.25) is 0 Å². The topological polar surface area (TPSA) is 89.1 Å². The van der Waals surface area contributed by atoms with Crippen molar-refractivity contribution in [2.75, 3.05) is 0 Å². The maximum Gasteiger partial charge on any atom is 0.253 e. The minimum absolute atomic E-state index is 0.0440. The van der Waals surface area contributed by atoms with Crippen LogP contribution in [0.15, 0.2) is 52.4 Å². The first-order valence-electron chi connectivity index (χ1n) is 3.74. The molecule has 6 heteroatoms. The van der Waals surface area contributed by atoms with Crippen LogP contribution in [-0.2, 0) is 10.0 Å². The van der Waals surface area contributed by atoms with Crippen LogP contribution in [0.1, 0.15) is 0 Å². The van der Waals surface area contributed by atoms with E-state index >= 15 is 0 Å². The molecule has 0 radical (unpaired) electrons. The number of hydrogen-bond acceptors (Lipinski definition) is 3. The molecule has 2 heterocycles. The maximum atomic E-state index is 10.4. The number of primary sulfonamides is 1. The van der Waals surface area contributed by atoms with E-state index in [-0.39, 0.29) is 5.03 Å². The van der Waals surface area contributed by atoms with Gasteiger partial charge in [-0.3, -0.25) is 0 Å². The summed E-state index contributed by atoms with van der Waals surface area (Å²) in [5.41, 5.74) is 0. The van der Waals surface area contributed by atoms with Gasteiger partial charge in [0.25, 0.3) is 10.0 Å². The predicted molar refractivity (Wildman–Crippen MR) is 50.9 cm³/mol. The quantitative estimate of drug-likeness (QED) is 0.740. The summed E-state index contributed by atoms with van der Waals surface area (Å²) >= 11 is 0. The Bertz CT molecular complexity index is 414. The van der Waals surface area contributed by atoms with Crippen LogP contribution in [0.5, 0.6) is 0 Å². The molecule has 2 rings (SSSR count). The van der Waals surface area contributed by atoms with Gasteiger partial charge in [0.15, 0.2) is 0 Å². The largest absolute Gasteiger partial charge is 0.473 e. The van der Waals surface area contributed by atoms with E-state index in [4.69, 9.17) is 5.14 Å². The first kappa shape index (κ1) is 10.6. The van der Waals surface area contributed by atoms with Gasteiger partial charge in [-0.15, -0.1) is 0 Å². The van der Waals surface area contributed by atoms with Crippen molar-refractivity contribution >= 4 is 10.0 Å². The number of nitrogens with one attached hydrogen (secondary N) is 1. The van der Waals surface area contributed by atoms with Crippen LogP contribution in [0.25, 0.3) is 0 Å². The second kappa shape index (κ2) is 4.64. The lowest BCUT2D eigenvalue weighted by Crippen LogP contribution is -2.12. The standard InChI is InChI=1S/C4H6N2O2S.C4H4O/c5-9(7,8)4-2-1-3-6-4;1-2-4-5-3-1/h1-3,6H,(H2,5,7,8);1-4H. The molecule has 0 amide bonds.